The molecule has 2 amide bonds. The van der Waals surface area contributed by atoms with Crippen LogP contribution in [0.25, 0.3) is 0 Å². The summed E-state index contributed by atoms with van der Waals surface area (Å²) in [6, 6.07) is -0.402. The second-order valence-electron chi connectivity index (χ2n) is 5.22. The van der Waals surface area contributed by atoms with E-state index in [2.05, 4.69) is 22.8 Å². The van der Waals surface area contributed by atoms with Gasteiger partial charge in [0.2, 0.25) is 11.8 Å². The second kappa shape index (κ2) is 4.39. The molecule has 0 saturated carbocycles. The average Bonchev–Trinajstić information content (AvgIpc) is 2.75. The van der Waals surface area contributed by atoms with Gasteiger partial charge in [-0.05, 0) is 30.7 Å². The number of imide groups is 1. The number of amides is 2. The van der Waals surface area contributed by atoms with Gasteiger partial charge in [-0.1, -0.05) is 12.2 Å². The molecule has 0 bridgehead atoms. The predicted molar refractivity (Wildman–Crippen MR) is 80.3 cm³/mol. The van der Waals surface area contributed by atoms with Crippen LogP contribution in [-0.4, -0.2) is 27.7 Å². The Labute approximate surface area is 127 Å². The molecular formula is C15H13N3O2S. The minimum absolute atomic E-state index is 0.209. The molecule has 1 atom stereocenters. The molecular weight excluding hydrogens is 286 g/mol. The zero-order chi connectivity index (χ0) is 14.6. The van der Waals surface area contributed by atoms with E-state index in [1.165, 1.54) is 0 Å². The number of piperidine rings is 1. The summed E-state index contributed by atoms with van der Waals surface area (Å²) in [5.74, 6) is 0.436. The van der Waals surface area contributed by atoms with Crippen molar-refractivity contribution in [3.63, 3.8) is 0 Å². The van der Waals surface area contributed by atoms with Crippen molar-refractivity contribution in [3.8, 4) is 0 Å². The van der Waals surface area contributed by atoms with Gasteiger partial charge in [0, 0.05) is 12.1 Å². The van der Waals surface area contributed by atoms with Crippen molar-refractivity contribution in [1.82, 2.24) is 15.1 Å². The molecule has 1 saturated heterocycles. The molecule has 21 heavy (non-hydrogen) atoms. The predicted octanol–water partition coefficient (Wildman–Crippen LogP) is 1.37. The highest BCUT2D eigenvalue weighted by Gasteiger charge is 2.42. The van der Waals surface area contributed by atoms with Crippen LogP contribution in [0.1, 0.15) is 12.8 Å². The van der Waals surface area contributed by atoms with Gasteiger partial charge >= 0.3 is 0 Å². The molecule has 0 radical (unpaired) electrons. The molecule has 106 valence electrons. The van der Waals surface area contributed by atoms with Crippen LogP contribution in [0.3, 0.4) is 0 Å². The van der Waals surface area contributed by atoms with Crippen molar-refractivity contribution < 1.29 is 9.59 Å². The maximum atomic E-state index is 12.2. The fourth-order valence-electron chi connectivity index (χ4n) is 3.05. The summed E-state index contributed by atoms with van der Waals surface area (Å²) in [6.45, 7) is 0. The molecule has 5 nitrogen and oxygen atoms in total. The first kappa shape index (κ1) is 12.5. The molecule has 1 N–H and O–H groups in total. The molecule has 0 spiro atoms. The minimum Gasteiger partial charge on any atom is -0.308 e. The molecule has 4 aliphatic heterocycles. The van der Waals surface area contributed by atoms with Gasteiger partial charge in [-0.2, -0.15) is 0 Å². The fourth-order valence-corrected chi connectivity index (χ4v) is 3.47. The van der Waals surface area contributed by atoms with Gasteiger partial charge in [0.15, 0.2) is 0 Å². The zero-order valence-corrected chi connectivity index (χ0v) is 12.0. The van der Waals surface area contributed by atoms with E-state index < -0.39 is 6.04 Å². The Morgan fingerprint density at radius 3 is 2.81 bits per heavy atom. The highest BCUT2D eigenvalue weighted by atomic mass is 32.1. The number of rotatable bonds is 1. The van der Waals surface area contributed by atoms with E-state index in [0.717, 1.165) is 22.2 Å². The summed E-state index contributed by atoms with van der Waals surface area (Å²) in [5.41, 5.74) is 2.00. The van der Waals surface area contributed by atoms with Crippen molar-refractivity contribution in [3.05, 3.63) is 58.7 Å². The topological polar surface area (TPSA) is 52.7 Å². The fraction of sp³-hybridized carbons (Fsp3) is 0.200. The minimum atomic E-state index is -0.402. The Bertz CT molecular complexity index is 714. The molecule has 0 aromatic carbocycles. The van der Waals surface area contributed by atoms with Crippen molar-refractivity contribution in [2.24, 2.45) is 0 Å². The smallest absolute Gasteiger partial charge is 0.249 e. The Morgan fingerprint density at radius 1 is 1.19 bits per heavy atom. The normalized spacial score (nSPS) is 26.8. The van der Waals surface area contributed by atoms with E-state index >= 15 is 0 Å². The van der Waals surface area contributed by atoms with E-state index in [-0.39, 0.29) is 11.8 Å². The van der Waals surface area contributed by atoms with Gasteiger partial charge in [-0.3, -0.25) is 19.8 Å². The van der Waals surface area contributed by atoms with E-state index in [9.17, 15) is 9.59 Å². The SMILES string of the molecule is O=C1CCC(N2C3=CC=CC4=CC=CC(=C2S)N43)C(=O)N1. The molecule has 0 aromatic rings. The standard InChI is InChI=1S/C15H13N3O2S/c19-12-8-7-10(14(20)16-12)18-13-6-2-4-9-3-1-5-11(15(18)21)17(9)13/h1-6,10,21H,7-8H2,(H,16,19,20). The molecule has 6 heteroatoms. The van der Waals surface area contributed by atoms with E-state index in [0.29, 0.717) is 12.8 Å². The van der Waals surface area contributed by atoms with Gasteiger partial charge < -0.3 is 4.90 Å². The van der Waals surface area contributed by atoms with Crippen LogP contribution in [0.15, 0.2) is 58.7 Å². The summed E-state index contributed by atoms with van der Waals surface area (Å²) in [5, 5.41) is 3.15. The maximum absolute atomic E-state index is 12.2. The number of allylic oxidation sites excluding steroid dienone is 6. The lowest BCUT2D eigenvalue weighted by Crippen LogP contribution is -2.51. The third kappa shape index (κ3) is 1.72. The average molecular weight is 299 g/mol. The third-order valence-corrected chi connectivity index (χ3v) is 4.43. The summed E-state index contributed by atoms with van der Waals surface area (Å²) in [6.07, 6.45) is 12.8. The van der Waals surface area contributed by atoms with Crippen LogP contribution in [-0.2, 0) is 9.59 Å². The second-order valence-corrected chi connectivity index (χ2v) is 5.64. The van der Waals surface area contributed by atoms with Gasteiger partial charge in [-0.25, -0.2) is 0 Å². The van der Waals surface area contributed by atoms with Crippen molar-refractivity contribution in [2.45, 2.75) is 18.9 Å². The first-order chi connectivity index (χ1) is 10.2. The number of hydrogen-bond donors (Lipinski definition) is 2. The molecule has 4 heterocycles. The number of hydrogen-bond acceptors (Lipinski definition) is 5. The number of nitrogens with one attached hydrogen (secondary N) is 1. The van der Waals surface area contributed by atoms with Crippen molar-refractivity contribution >= 4 is 24.4 Å². The Morgan fingerprint density at radius 2 is 2.00 bits per heavy atom. The number of thiol groups is 1. The Balaban J connectivity index is 1.78. The first-order valence-electron chi connectivity index (χ1n) is 6.80. The summed E-state index contributed by atoms with van der Waals surface area (Å²) < 4.78 is 0. The van der Waals surface area contributed by atoms with Gasteiger partial charge in [-0.15, -0.1) is 12.6 Å². The van der Waals surface area contributed by atoms with Crippen molar-refractivity contribution in [2.75, 3.05) is 0 Å². The molecule has 0 aromatic heterocycles. The van der Waals surface area contributed by atoms with Crippen molar-refractivity contribution in [1.29, 1.82) is 0 Å². The van der Waals surface area contributed by atoms with Crippen LogP contribution in [0, 0.1) is 0 Å². The lowest BCUT2D eigenvalue weighted by atomic mass is 10.0. The molecule has 1 fully saturated rings. The van der Waals surface area contributed by atoms with E-state index in [1.807, 2.05) is 41.4 Å². The van der Waals surface area contributed by atoms with E-state index in [4.69, 9.17) is 0 Å². The lowest BCUT2D eigenvalue weighted by Gasteiger charge is -2.35. The lowest BCUT2D eigenvalue weighted by molar-refractivity contribution is -0.136. The van der Waals surface area contributed by atoms with E-state index in [1.54, 1.807) is 0 Å². The van der Waals surface area contributed by atoms with Crippen LogP contribution >= 0.6 is 12.6 Å². The van der Waals surface area contributed by atoms with Crippen LogP contribution in [0.4, 0.5) is 0 Å². The quantitative estimate of drug-likeness (QED) is 0.567. The maximum Gasteiger partial charge on any atom is 0.249 e. The molecule has 4 aliphatic rings. The van der Waals surface area contributed by atoms with Crippen LogP contribution in [0.5, 0.6) is 0 Å². The summed E-state index contributed by atoms with van der Waals surface area (Å²) in [4.78, 5) is 27.5. The molecule has 0 aliphatic carbocycles. The Kier molecular flexibility index (Phi) is 2.62. The van der Waals surface area contributed by atoms with Crippen LogP contribution in [0.2, 0.25) is 0 Å². The molecule has 1 unspecified atom stereocenters. The monoisotopic (exact) mass is 299 g/mol. The number of nitrogens with zero attached hydrogens (tertiary/aromatic N) is 2. The highest BCUT2D eigenvalue weighted by molar-refractivity contribution is 7.84. The first-order valence-corrected chi connectivity index (χ1v) is 7.24. The number of carbonyl (C=O) groups is 2. The number of carbonyl (C=O) groups excluding carboxylic acids is 2. The highest BCUT2D eigenvalue weighted by Crippen LogP contribution is 2.43. The largest absolute Gasteiger partial charge is 0.308 e. The van der Waals surface area contributed by atoms with Gasteiger partial charge in [0.1, 0.15) is 11.9 Å². The van der Waals surface area contributed by atoms with Gasteiger partial charge in [0.25, 0.3) is 0 Å². The summed E-state index contributed by atoms with van der Waals surface area (Å²) in [7, 11) is 0. The zero-order valence-electron chi connectivity index (χ0n) is 11.1. The Hall–Kier alpha value is -2.21. The van der Waals surface area contributed by atoms with Gasteiger partial charge in [0.05, 0.1) is 10.7 Å². The molecule has 4 rings (SSSR count). The third-order valence-electron chi connectivity index (χ3n) is 3.99. The van der Waals surface area contributed by atoms with Crippen LogP contribution < -0.4 is 5.32 Å². The summed E-state index contributed by atoms with van der Waals surface area (Å²) >= 11 is 4.62.